The van der Waals surface area contributed by atoms with Crippen LogP contribution >= 0.6 is 0 Å². The highest BCUT2D eigenvalue weighted by Gasteiger charge is 2.47. The van der Waals surface area contributed by atoms with Crippen LogP contribution in [-0.4, -0.2) is 44.6 Å². The first kappa shape index (κ1) is 18.3. The zero-order valence-corrected chi connectivity index (χ0v) is 16.9. The third-order valence-electron chi connectivity index (χ3n) is 6.87. The molecule has 0 atom stereocenters. The molecule has 7 nitrogen and oxygen atoms in total. The van der Waals surface area contributed by atoms with Crippen molar-refractivity contribution in [3.8, 4) is 0 Å². The van der Waals surface area contributed by atoms with Crippen molar-refractivity contribution in [2.24, 2.45) is 5.92 Å². The molecule has 1 aliphatic carbocycles. The van der Waals surface area contributed by atoms with Gasteiger partial charge in [-0.1, -0.05) is 6.42 Å². The van der Waals surface area contributed by atoms with Gasteiger partial charge in [-0.3, -0.25) is 19.5 Å². The second-order valence-electron chi connectivity index (χ2n) is 8.75. The molecule has 1 spiro atoms. The van der Waals surface area contributed by atoms with E-state index in [0.29, 0.717) is 32.0 Å². The summed E-state index contributed by atoms with van der Waals surface area (Å²) in [6.07, 6.45) is 8.76. The average Bonchev–Trinajstić information content (AvgIpc) is 3.08. The number of carbonyl (C=O) groups excluding carboxylic acids is 2. The Kier molecular flexibility index (Phi) is 4.41. The topological polar surface area (TPSA) is 71.3 Å². The number of amides is 2. The second kappa shape index (κ2) is 6.97. The van der Waals surface area contributed by atoms with Crippen molar-refractivity contribution in [3.63, 3.8) is 0 Å². The largest absolute Gasteiger partial charge is 0.342 e. The molecule has 2 aromatic heterocycles. The Balaban J connectivity index is 1.39. The van der Waals surface area contributed by atoms with Crippen molar-refractivity contribution in [1.29, 1.82) is 0 Å². The Morgan fingerprint density at radius 1 is 1.21 bits per heavy atom. The van der Waals surface area contributed by atoms with Crippen LogP contribution in [0.15, 0.2) is 30.6 Å². The van der Waals surface area contributed by atoms with Crippen LogP contribution in [0.25, 0.3) is 0 Å². The molecule has 0 radical (unpaired) electrons. The van der Waals surface area contributed by atoms with Gasteiger partial charge in [0, 0.05) is 37.5 Å². The van der Waals surface area contributed by atoms with Gasteiger partial charge in [0.05, 0.1) is 24.2 Å². The monoisotopic (exact) mass is 393 g/mol. The number of nitrogens with zero attached hydrogens (tertiary/aromatic N) is 5. The maximum atomic E-state index is 13.2. The summed E-state index contributed by atoms with van der Waals surface area (Å²) in [6.45, 7) is 3.93. The molecule has 2 amide bonds. The number of carbonyl (C=O) groups is 2. The third kappa shape index (κ3) is 3.12. The summed E-state index contributed by atoms with van der Waals surface area (Å²) in [7, 11) is 0. The summed E-state index contributed by atoms with van der Waals surface area (Å²) in [4.78, 5) is 33.8. The Morgan fingerprint density at radius 3 is 2.59 bits per heavy atom. The van der Waals surface area contributed by atoms with E-state index in [0.717, 1.165) is 42.8 Å². The van der Waals surface area contributed by atoms with Crippen molar-refractivity contribution in [2.45, 2.75) is 57.5 Å². The van der Waals surface area contributed by atoms with Crippen molar-refractivity contribution < 1.29 is 9.59 Å². The van der Waals surface area contributed by atoms with Crippen molar-refractivity contribution in [2.75, 3.05) is 18.0 Å². The number of aryl methyl sites for hydroxylation is 1. The van der Waals surface area contributed by atoms with Crippen LogP contribution in [0, 0.1) is 12.8 Å². The van der Waals surface area contributed by atoms with Gasteiger partial charge in [-0.15, -0.1) is 0 Å². The number of rotatable bonds is 3. The normalized spacial score (nSPS) is 21.2. The lowest BCUT2D eigenvalue weighted by molar-refractivity contribution is -0.140. The van der Waals surface area contributed by atoms with Gasteiger partial charge >= 0.3 is 0 Å². The maximum absolute atomic E-state index is 13.2. The summed E-state index contributed by atoms with van der Waals surface area (Å²) >= 11 is 0. The molecule has 0 bridgehead atoms. The van der Waals surface area contributed by atoms with Gasteiger partial charge in [0.1, 0.15) is 5.82 Å². The minimum Gasteiger partial charge on any atom is -0.342 e. The summed E-state index contributed by atoms with van der Waals surface area (Å²) in [5.74, 6) is 1.54. The molecule has 3 aliphatic rings. The summed E-state index contributed by atoms with van der Waals surface area (Å²) < 4.78 is 2.08. The summed E-state index contributed by atoms with van der Waals surface area (Å²) in [5.41, 5.74) is 1.66. The van der Waals surface area contributed by atoms with Crippen LogP contribution in [0.5, 0.6) is 0 Å². The third-order valence-corrected chi connectivity index (χ3v) is 6.87. The maximum Gasteiger partial charge on any atom is 0.230 e. The predicted molar refractivity (Wildman–Crippen MR) is 108 cm³/mol. The van der Waals surface area contributed by atoms with E-state index < -0.39 is 0 Å². The summed E-state index contributed by atoms with van der Waals surface area (Å²) in [6, 6.07) is 5.89. The molecule has 0 N–H and O–H groups in total. The highest BCUT2D eigenvalue weighted by molar-refractivity contribution is 5.94. The van der Waals surface area contributed by atoms with Crippen LogP contribution in [0.1, 0.15) is 49.8 Å². The van der Waals surface area contributed by atoms with E-state index >= 15 is 0 Å². The molecule has 1 saturated carbocycles. The van der Waals surface area contributed by atoms with Crippen LogP contribution in [0.4, 0.5) is 5.82 Å². The fourth-order valence-corrected chi connectivity index (χ4v) is 4.89. The van der Waals surface area contributed by atoms with Gasteiger partial charge in [0.25, 0.3) is 0 Å². The van der Waals surface area contributed by atoms with E-state index in [4.69, 9.17) is 5.10 Å². The molecule has 2 aromatic rings. The number of aromatic nitrogens is 3. The number of pyridine rings is 1. The molecule has 0 aromatic carbocycles. The Bertz CT molecular complexity index is 926. The van der Waals surface area contributed by atoms with Gasteiger partial charge in [-0.25, -0.2) is 4.68 Å². The van der Waals surface area contributed by atoms with Crippen LogP contribution in [0.2, 0.25) is 0 Å². The van der Waals surface area contributed by atoms with Crippen molar-refractivity contribution in [1.82, 2.24) is 19.7 Å². The van der Waals surface area contributed by atoms with E-state index in [2.05, 4.69) is 9.67 Å². The number of hydrogen-bond donors (Lipinski definition) is 0. The first-order valence-electron chi connectivity index (χ1n) is 10.6. The molecular formula is C22H27N5O2. The lowest BCUT2D eigenvalue weighted by atomic mass is 9.80. The van der Waals surface area contributed by atoms with E-state index in [1.54, 1.807) is 12.4 Å². The second-order valence-corrected chi connectivity index (χ2v) is 8.75. The fourth-order valence-electron chi connectivity index (χ4n) is 4.89. The van der Waals surface area contributed by atoms with Crippen LogP contribution in [-0.2, 0) is 21.7 Å². The first-order valence-corrected chi connectivity index (χ1v) is 10.6. The zero-order valence-electron chi connectivity index (χ0n) is 16.9. The SMILES string of the molecule is Cc1cc2n(n1)C1(CCN(C(=O)C3CCC3)CC1)CC(=O)N2Cc1ccncc1. The van der Waals surface area contributed by atoms with E-state index in [1.165, 1.54) is 6.42 Å². The number of anilines is 1. The molecule has 1 saturated heterocycles. The molecule has 2 aliphatic heterocycles. The zero-order chi connectivity index (χ0) is 20.0. The van der Waals surface area contributed by atoms with Crippen LogP contribution < -0.4 is 4.90 Å². The van der Waals surface area contributed by atoms with Crippen molar-refractivity contribution >= 4 is 17.6 Å². The lowest BCUT2D eigenvalue weighted by Gasteiger charge is -2.47. The van der Waals surface area contributed by atoms with Gasteiger partial charge < -0.3 is 4.90 Å². The predicted octanol–water partition coefficient (Wildman–Crippen LogP) is 2.64. The average molecular weight is 393 g/mol. The van der Waals surface area contributed by atoms with E-state index in [1.807, 2.05) is 34.9 Å². The highest BCUT2D eigenvalue weighted by atomic mass is 16.2. The van der Waals surface area contributed by atoms with Gasteiger partial charge in [-0.2, -0.15) is 5.10 Å². The Labute approximate surface area is 170 Å². The Hall–Kier alpha value is -2.70. The van der Waals surface area contributed by atoms with Gasteiger partial charge in [-0.05, 0) is 50.3 Å². The number of piperidine rings is 1. The lowest BCUT2D eigenvalue weighted by Crippen LogP contribution is -2.55. The summed E-state index contributed by atoms with van der Waals surface area (Å²) in [5, 5.41) is 4.79. The quantitative estimate of drug-likeness (QED) is 0.804. The molecule has 5 rings (SSSR count). The van der Waals surface area contributed by atoms with Gasteiger partial charge in [0.15, 0.2) is 0 Å². The smallest absolute Gasteiger partial charge is 0.230 e. The fraction of sp³-hybridized carbons (Fsp3) is 0.545. The molecule has 2 fully saturated rings. The van der Waals surface area contributed by atoms with Gasteiger partial charge in [0.2, 0.25) is 11.8 Å². The molecule has 29 heavy (non-hydrogen) atoms. The van der Waals surface area contributed by atoms with E-state index in [9.17, 15) is 9.59 Å². The minimum absolute atomic E-state index is 0.132. The molecule has 4 heterocycles. The number of likely N-dealkylation sites (tertiary alicyclic amines) is 1. The number of fused-ring (bicyclic) bond motifs is 2. The highest BCUT2D eigenvalue weighted by Crippen LogP contribution is 2.42. The van der Waals surface area contributed by atoms with Crippen molar-refractivity contribution in [3.05, 3.63) is 41.9 Å². The minimum atomic E-state index is -0.314. The van der Waals surface area contributed by atoms with E-state index in [-0.39, 0.29) is 17.4 Å². The van der Waals surface area contributed by atoms with Crippen LogP contribution in [0.3, 0.4) is 0 Å². The standard InChI is InChI=1S/C22H27N5O2/c1-16-13-19-26(15-17-5-9-23-10-6-17)20(28)14-22(27(19)24-16)7-11-25(12-8-22)21(29)18-3-2-4-18/h5-6,9-10,13,18H,2-4,7-8,11-12,14-15H2,1H3. The molecule has 0 unspecified atom stereocenters. The molecule has 152 valence electrons. The molecular weight excluding hydrogens is 366 g/mol. The molecule has 7 heteroatoms. The first-order chi connectivity index (χ1) is 14.1. The number of hydrogen-bond acceptors (Lipinski definition) is 4. The Morgan fingerprint density at radius 2 is 1.93 bits per heavy atom.